The smallest absolute Gasteiger partial charge is 0.450 e. The Morgan fingerprint density at radius 2 is 1.96 bits per heavy atom. The van der Waals surface area contributed by atoms with Crippen molar-refractivity contribution in [1.29, 1.82) is 0 Å². The van der Waals surface area contributed by atoms with E-state index in [2.05, 4.69) is 5.32 Å². The Kier molecular flexibility index (Phi) is 6.64. The van der Waals surface area contributed by atoms with Crippen LogP contribution < -0.4 is 10.1 Å². The van der Waals surface area contributed by atoms with E-state index in [1.807, 2.05) is 0 Å². The second kappa shape index (κ2) is 7.83. The average Bonchev–Trinajstić information content (AvgIpc) is 2.41. The highest BCUT2D eigenvalue weighted by Gasteiger charge is 2.39. The fraction of sp³-hybridized carbons (Fsp3) is 0.500. The van der Waals surface area contributed by atoms with Crippen LogP contribution in [0.1, 0.15) is 20.3 Å². The summed E-state index contributed by atoms with van der Waals surface area (Å²) >= 11 is 5.83. The van der Waals surface area contributed by atoms with Crippen LogP contribution >= 0.6 is 11.6 Å². The molecule has 0 spiro atoms. The number of benzene rings is 1. The van der Waals surface area contributed by atoms with Crippen molar-refractivity contribution in [2.75, 3.05) is 12.4 Å². The summed E-state index contributed by atoms with van der Waals surface area (Å²) in [5, 5.41) is 2.40. The second-order valence-electron chi connectivity index (χ2n) is 4.92. The van der Waals surface area contributed by atoms with Gasteiger partial charge in [-0.3, -0.25) is 4.79 Å². The van der Waals surface area contributed by atoms with E-state index >= 15 is 0 Å². The molecule has 1 aromatic rings. The summed E-state index contributed by atoms with van der Waals surface area (Å²) in [6.45, 7) is 3.46. The van der Waals surface area contributed by atoms with Gasteiger partial charge in [0.15, 0.2) is 0 Å². The van der Waals surface area contributed by atoms with Gasteiger partial charge in [-0.05, 0) is 19.9 Å². The molecule has 0 aliphatic carbocycles. The zero-order valence-electron chi connectivity index (χ0n) is 12.6. The maximum Gasteiger partial charge on any atom is 0.450 e. The van der Waals surface area contributed by atoms with Gasteiger partial charge in [-0.25, -0.2) is 4.39 Å². The second-order valence-corrected chi connectivity index (χ2v) is 5.33. The Balaban J connectivity index is 2.94. The van der Waals surface area contributed by atoms with Gasteiger partial charge in [0, 0.05) is 13.2 Å². The molecule has 0 saturated heterocycles. The third kappa shape index (κ3) is 5.87. The summed E-state index contributed by atoms with van der Waals surface area (Å²) in [6, 6.07) is 2.15. The van der Waals surface area contributed by atoms with Crippen molar-refractivity contribution in [3.63, 3.8) is 0 Å². The minimum atomic E-state index is -4.98. The lowest BCUT2D eigenvalue weighted by Crippen LogP contribution is -2.32. The molecule has 9 heteroatoms. The molecule has 0 saturated carbocycles. The maximum atomic E-state index is 13.9. The van der Waals surface area contributed by atoms with Gasteiger partial charge >= 0.3 is 6.18 Å². The molecule has 23 heavy (non-hydrogen) atoms. The summed E-state index contributed by atoms with van der Waals surface area (Å²) in [5.74, 6) is -2.64. The molecule has 0 aromatic heterocycles. The van der Waals surface area contributed by atoms with Crippen LogP contribution in [-0.2, 0) is 9.53 Å². The molecule has 0 bridgehead atoms. The molecule has 1 aromatic carbocycles. The number of halogens is 5. The highest BCUT2D eigenvalue weighted by atomic mass is 35.5. The molecule has 0 aliphatic rings. The highest BCUT2D eigenvalue weighted by Crippen LogP contribution is 2.32. The van der Waals surface area contributed by atoms with Gasteiger partial charge in [-0.2, -0.15) is 13.2 Å². The van der Waals surface area contributed by atoms with Crippen molar-refractivity contribution in [1.82, 2.24) is 0 Å². The van der Waals surface area contributed by atoms with Crippen molar-refractivity contribution < 1.29 is 31.8 Å². The van der Waals surface area contributed by atoms with Crippen LogP contribution in [0.2, 0.25) is 5.02 Å². The number of alkyl halides is 3. The number of carbonyl (C=O) groups is 1. The first kappa shape index (κ1) is 19.5. The Bertz CT molecular complexity index is 564. The van der Waals surface area contributed by atoms with Gasteiger partial charge in [0.05, 0.1) is 23.2 Å². The van der Waals surface area contributed by atoms with Gasteiger partial charge in [-0.1, -0.05) is 11.6 Å². The van der Waals surface area contributed by atoms with E-state index in [9.17, 15) is 22.4 Å². The summed E-state index contributed by atoms with van der Waals surface area (Å²) in [4.78, 5) is 11.0. The van der Waals surface area contributed by atoms with Crippen LogP contribution in [0.5, 0.6) is 5.75 Å². The number of hydrogen-bond acceptors (Lipinski definition) is 4. The van der Waals surface area contributed by atoms with E-state index < -0.39 is 30.4 Å². The SMILES string of the molecule is COC(CC(=O)C(F)(F)F)Nc1cc(OC(C)C)c(Cl)cc1F. The van der Waals surface area contributed by atoms with Gasteiger partial charge in [-0.15, -0.1) is 0 Å². The monoisotopic (exact) mass is 357 g/mol. The predicted molar refractivity (Wildman–Crippen MR) is 77.3 cm³/mol. The lowest BCUT2D eigenvalue weighted by molar-refractivity contribution is -0.173. The molecule has 1 N–H and O–H groups in total. The van der Waals surface area contributed by atoms with Gasteiger partial charge in [0.2, 0.25) is 5.78 Å². The molecular weight excluding hydrogens is 342 g/mol. The standard InChI is InChI=1S/C14H16ClF4NO3/c1-7(2)23-11-5-10(9(16)4-8(11)15)20-13(22-3)6-12(21)14(17,18)19/h4-5,7,13,20H,6H2,1-3H3. The van der Waals surface area contributed by atoms with Crippen LogP contribution in [0.3, 0.4) is 0 Å². The number of ether oxygens (including phenoxy) is 2. The van der Waals surface area contributed by atoms with Crippen molar-refractivity contribution in [2.24, 2.45) is 0 Å². The molecule has 1 unspecified atom stereocenters. The number of ketones is 1. The fourth-order valence-corrected chi connectivity index (χ4v) is 1.83. The first-order valence-corrected chi connectivity index (χ1v) is 6.97. The third-order valence-electron chi connectivity index (χ3n) is 2.67. The molecule has 1 rings (SSSR count). The van der Waals surface area contributed by atoms with Crippen LogP contribution in [0.4, 0.5) is 23.2 Å². The molecule has 4 nitrogen and oxygen atoms in total. The highest BCUT2D eigenvalue weighted by molar-refractivity contribution is 6.32. The Hall–Kier alpha value is -1.54. The molecule has 130 valence electrons. The number of anilines is 1. The largest absolute Gasteiger partial charge is 0.489 e. The van der Waals surface area contributed by atoms with Crippen molar-refractivity contribution >= 4 is 23.1 Å². The zero-order chi connectivity index (χ0) is 17.8. The number of nitrogens with one attached hydrogen (secondary N) is 1. The minimum Gasteiger partial charge on any atom is -0.489 e. The van der Waals surface area contributed by atoms with E-state index in [1.54, 1.807) is 13.8 Å². The minimum absolute atomic E-state index is 0.0158. The summed E-state index contributed by atoms with van der Waals surface area (Å²) in [7, 11) is 1.10. The number of Topliss-reactive ketones (excluding diaryl/α,β-unsaturated/α-hetero) is 1. The third-order valence-corrected chi connectivity index (χ3v) is 2.97. The van der Waals surface area contributed by atoms with Crippen molar-refractivity contribution in [3.8, 4) is 5.75 Å². The van der Waals surface area contributed by atoms with Crippen molar-refractivity contribution in [3.05, 3.63) is 23.0 Å². The Morgan fingerprint density at radius 1 is 1.35 bits per heavy atom. The maximum absolute atomic E-state index is 13.9. The molecule has 0 heterocycles. The number of hydrogen-bond donors (Lipinski definition) is 1. The number of carbonyl (C=O) groups excluding carboxylic acids is 1. The molecular formula is C14H16ClF4NO3. The average molecular weight is 358 g/mol. The lowest BCUT2D eigenvalue weighted by Gasteiger charge is -2.20. The van der Waals surface area contributed by atoms with Gasteiger partial charge < -0.3 is 14.8 Å². The Labute approximate surface area is 135 Å². The van der Waals surface area contributed by atoms with Crippen molar-refractivity contribution in [2.45, 2.75) is 38.8 Å². The van der Waals surface area contributed by atoms with Crippen LogP contribution in [0.15, 0.2) is 12.1 Å². The molecule has 0 amide bonds. The molecule has 0 fully saturated rings. The zero-order valence-corrected chi connectivity index (χ0v) is 13.4. The summed E-state index contributed by atoms with van der Waals surface area (Å²) < 4.78 is 60.8. The molecule has 0 aliphatic heterocycles. The quantitative estimate of drug-likeness (QED) is 0.587. The summed E-state index contributed by atoms with van der Waals surface area (Å²) in [6.07, 6.45) is -7.58. The van der Waals surface area contributed by atoms with Gasteiger partial charge in [0.25, 0.3) is 0 Å². The first-order valence-electron chi connectivity index (χ1n) is 6.59. The van der Waals surface area contributed by atoms with E-state index in [0.29, 0.717) is 0 Å². The van der Waals surface area contributed by atoms with Crippen LogP contribution in [0, 0.1) is 5.82 Å². The van der Waals surface area contributed by atoms with Crippen LogP contribution in [-0.4, -0.2) is 31.4 Å². The topological polar surface area (TPSA) is 47.6 Å². The fourth-order valence-electron chi connectivity index (χ4n) is 1.63. The normalized spacial score (nSPS) is 13.1. The van der Waals surface area contributed by atoms with E-state index in [1.165, 1.54) is 6.07 Å². The van der Waals surface area contributed by atoms with Gasteiger partial charge in [0.1, 0.15) is 17.8 Å². The number of rotatable bonds is 7. The first-order chi connectivity index (χ1) is 10.5. The molecule has 0 radical (unpaired) electrons. The van der Waals surface area contributed by atoms with E-state index in [0.717, 1.165) is 13.2 Å². The van der Waals surface area contributed by atoms with E-state index in [4.69, 9.17) is 21.1 Å². The Morgan fingerprint density at radius 3 is 2.43 bits per heavy atom. The lowest BCUT2D eigenvalue weighted by atomic mass is 10.2. The predicted octanol–water partition coefficient (Wildman–Crippen LogP) is 4.17. The van der Waals surface area contributed by atoms with Crippen LogP contribution in [0.25, 0.3) is 0 Å². The summed E-state index contributed by atoms with van der Waals surface area (Å²) in [5.41, 5.74) is -0.188. The molecule has 1 atom stereocenters. The number of methoxy groups -OCH3 is 1. The van der Waals surface area contributed by atoms with E-state index in [-0.39, 0.29) is 22.6 Å².